The minimum atomic E-state index is -0.360. The van der Waals surface area contributed by atoms with E-state index in [-0.39, 0.29) is 18.3 Å². The minimum absolute atomic E-state index is 0.332. The molecule has 4 aromatic carbocycles. The lowest BCUT2D eigenvalue weighted by atomic mass is 9.79. The van der Waals surface area contributed by atoms with Gasteiger partial charge in [-0.15, -0.1) is 0 Å². The van der Waals surface area contributed by atoms with Gasteiger partial charge in [0.1, 0.15) is 12.6 Å². The Labute approximate surface area is 280 Å². The molecule has 4 aromatic rings. The molecular formula is C34H34BBr2IO4. The molecule has 0 unspecified atom stereocenters. The molecule has 5 rings (SSSR count). The normalized spacial score (nSPS) is 14.6. The van der Waals surface area contributed by atoms with E-state index in [1.165, 1.54) is 24.7 Å². The topological polar surface area (TPSA) is 52.6 Å². The summed E-state index contributed by atoms with van der Waals surface area (Å²) in [4.78, 5) is 21.2. The van der Waals surface area contributed by atoms with Gasteiger partial charge in [0.15, 0.2) is 0 Å². The van der Waals surface area contributed by atoms with E-state index < -0.39 is 0 Å². The largest absolute Gasteiger partial charge is 0.494 e. The zero-order valence-electron chi connectivity index (χ0n) is 24.6. The van der Waals surface area contributed by atoms with Crippen LogP contribution in [0.4, 0.5) is 0 Å². The maximum Gasteiger partial charge on any atom is 0.494 e. The molecule has 0 aliphatic carbocycles. The fraction of sp³-hybridized carbons (Fsp3) is 0.235. The Morgan fingerprint density at radius 2 is 1.12 bits per heavy atom. The first-order valence-electron chi connectivity index (χ1n) is 13.4. The Hall–Kier alpha value is -2.11. The summed E-state index contributed by atoms with van der Waals surface area (Å²) < 4.78 is 15.4. The van der Waals surface area contributed by atoms with Crippen molar-refractivity contribution >= 4 is 79.6 Å². The maximum atomic E-state index is 10.6. The van der Waals surface area contributed by atoms with Crippen LogP contribution in [0.3, 0.4) is 0 Å². The lowest BCUT2D eigenvalue weighted by Gasteiger charge is -2.32. The standard InChI is InChI=1S/C14H11BrO.C13H17BO3.C7H6BrI/c1-10-13(3-2-4-14(10)15)12-7-5-11(9-16)6-8-12;1-12(2)13(3,4)17-14(16-12)11-7-5-10(9-15)6-8-11;1-5-6(8)3-2-4-7(5)9/h2-9H,1H3;5-9H,1-4H3;2-4H,1H3. The third kappa shape index (κ3) is 8.72. The molecule has 0 bridgehead atoms. The second-order valence-electron chi connectivity index (χ2n) is 10.9. The number of aldehydes is 2. The number of carbonyl (C=O) groups excluding carboxylic acids is 2. The Morgan fingerprint density at radius 3 is 1.57 bits per heavy atom. The van der Waals surface area contributed by atoms with Crippen molar-refractivity contribution in [3.63, 3.8) is 0 Å². The molecule has 0 spiro atoms. The third-order valence-electron chi connectivity index (χ3n) is 7.43. The van der Waals surface area contributed by atoms with Crippen molar-refractivity contribution < 1.29 is 18.9 Å². The van der Waals surface area contributed by atoms with E-state index in [1.54, 1.807) is 12.1 Å². The fourth-order valence-corrected chi connectivity index (χ4v) is 5.55. The predicted octanol–water partition coefficient (Wildman–Crippen LogP) is 9.40. The molecule has 0 radical (unpaired) electrons. The van der Waals surface area contributed by atoms with Gasteiger partial charge in [-0.3, -0.25) is 9.59 Å². The number of hydrogen-bond acceptors (Lipinski definition) is 4. The number of carbonyl (C=O) groups is 2. The van der Waals surface area contributed by atoms with Crippen LogP contribution in [0.2, 0.25) is 0 Å². The monoisotopic (exact) mass is 802 g/mol. The molecular weight excluding hydrogens is 770 g/mol. The van der Waals surface area contributed by atoms with Gasteiger partial charge in [-0.1, -0.05) is 98.6 Å². The Bertz CT molecular complexity index is 1480. The molecule has 0 atom stereocenters. The van der Waals surface area contributed by atoms with Crippen LogP contribution in [0.25, 0.3) is 11.1 Å². The van der Waals surface area contributed by atoms with Gasteiger partial charge in [-0.2, -0.15) is 0 Å². The second-order valence-corrected chi connectivity index (χ2v) is 13.7. The van der Waals surface area contributed by atoms with E-state index >= 15 is 0 Å². The van der Waals surface area contributed by atoms with Crippen LogP contribution < -0.4 is 5.46 Å². The van der Waals surface area contributed by atoms with Crippen molar-refractivity contribution in [3.05, 3.63) is 120 Å². The van der Waals surface area contributed by atoms with E-state index in [1.807, 2.05) is 82.3 Å². The summed E-state index contributed by atoms with van der Waals surface area (Å²) in [6, 6.07) is 27.2. The highest BCUT2D eigenvalue weighted by Crippen LogP contribution is 2.36. The molecule has 0 N–H and O–H groups in total. The van der Waals surface area contributed by atoms with E-state index in [0.717, 1.165) is 28.1 Å². The predicted molar refractivity (Wildman–Crippen MR) is 189 cm³/mol. The van der Waals surface area contributed by atoms with Crippen LogP contribution in [0.1, 0.15) is 59.5 Å². The van der Waals surface area contributed by atoms with Gasteiger partial charge in [-0.05, 0) is 110 Å². The molecule has 1 saturated heterocycles. The molecule has 0 saturated carbocycles. The van der Waals surface area contributed by atoms with Crippen LogP contribution in [-0.2, 0) is 9.31 Å². The van der Waals surface area contributed by atoms with Crippen LogP contribution in [-0.4, -0.2) is 30.9 Å². The lowest BCUT2D eigenvalue weighted by molar-refractivity contribution is 0.00578. The highest BCUT2D eigenvalue weighted by Gasteiger charge is 2.51. The molecule has 1 aliphatic rings. The molecule has 1 aliphatic heterocycles. The smallest absolute Gasteiger partial charge is 0.399 e. The summed E-state index contributed by atoms with van der Waals surface area (Å²) in [5, 5.41) is 0. The van der Waals surface area contributed by atoms with Gasteiger partial charge in [0.25, 0.3) is 0 Å². The van der Waals surface area contributed by atoms with E-state index in [2.05, 4.69) is 86.5 Å². The van der Waals surface area contributed by atoms with Gasteiger partial charge in [0.05, 0.1) is 11.2 Å². The zero-order chi connectivity index (χ0) is 31.1. The van der Waals surface area contributed by atoms with E-state index in [4.69, 9.17) is 9.31 Å². The first kappa shape index (κ1) is 34.4. The van der Waals surface area contributed by atoms with Crippen LogP contribution >= 0.6 is 54.5 Å². The molecule has 0 aromatic heterocycles. The van der Waals surface area contributed by atoms with Crippen molar-refractivity contribution in [2.45, 2.75) is 52.7 Å². The Kier molecular flexibility index (Phi) is 12.3. The van der Waals surface area contributed by atoms with Gasteiger partial charge in [-0.25, -0.2) is 0 Å². The average Bonchev–Trinajstić information content (AvgIpc) is 3.20. The number of hydrogen-bond donors (Lipinski definition) is 0. The van der Waals surface area contributed by atoms with Crippen molar-refractivity contribution in [1.82, 2.24) is 0 Å². The quantitative estimate of drug-likeness (QED) is 0.117. The first-order chi connectivity index (χ1) is 19.8. The van der Waals surface area contributed by atoms with Crippen LogP contribution in [0.15, 0.2) is 93.9 Å². The summed E-state index contributed by atoms with van der Waals surface area (Å²) in [5.74, 6) is 0. The average molecular weight is 804 g/mol. The summed E-state index contributed by atoms with van der Waals surface area (Å²) in [6.07, 6.45) is 1.69. The first-order valence-corrected chi connectivity index (χ1v) is 16.1. The Morgan fingerprint density at radius 1 is 0.667 bits per heavy atom. The lowest BCUT2D eigenvalue weighted by Crippen LogP contribution is -2.41. The molecule has 42 heavy (non-hydrogen) atoms. The van der Waals surface area contributed by atoms with Crippen molar-refractivity contribution in [2.75, 3.05) is 0 Å². The van der Waals surface area contributed by atoms with Crippen molar-refractivity contribution in [3.8, 4) is 11.1 Å². The summed E-state index contributed by atoms with van der Waals surface area (Å²) in [7, 11) is -0.360. The van der Waals surface area contributed by atoms with Crippen LogP contribution in [0, 0.1) is 17.4 Å². The molecule has 1 heterocycles. The number of halogens is 3. The Balaban J connectivity index is 0.000000181. The van der Waals surface area contributed by atoms with Crippen LogP contribution in [0.5, 0.6) is 0 Å². The van der Waals surface area contributed by atoms with E-state index in [0.29, 0.717) is 11.1 Å². The van der Waals surface area contributed by atoms with E-state index in [9.17, 15) is 9.59 Å². The van der Waals surface area contributed by atoms with Crippen molar-refractivity contribution in [2.24, 2.45) is 0 Å². The fourth-order valence-electron chi connectivity index (χ4n) is 3.95. The van der Waals surface area contributed by atoms with Crippen molar-refractivity contribution in [1.29, 1.82) is 0 Å². The minimum Gasteiger partial charge on any atom is -0.399 e. The maximum absolute atomic E-state index is 10.6. The highest BCUT2D eigenvalue weighted by atomic mass is 127. The highest BCUT2D eigenvalue weighted by molar-refractivity contribution is 14.1. The summed E-state index contributed by atoms with van der Waals surface area (Å²) in [5.41, 5.74) is 6.48. The third-order valence-corrected chi connectivity index (χ3v) is 10.3. The second kappa shape index (κ2) is 15.1. The molecule has 1 fully saturated rings. The van der Waals surface area contributed by atoms with Gasteiger partial charge < -0.3 is 9.31 Å². The summed E-state index contributed by atoms with van der Waals surface area (Å²) in [6.45, 7) is 12.3. The molecule has 0 amide bonds. The van der Waals surface area contributed by atoms with Gasteiger partial charge >= 0.3 is 7.12 Å². The molecule has 8 heteroatoms. The number of rotatable bonds is 4. The van der Waals surface area contributed by atoms with Gasteiger partial charge in [0, 0.05) is 23.6 Å². The number of benzene rings is 4. The molecule has 4 nitrogen and oxygen atoms in total. The SMILES string of the molecule is CC1(C)OB(c2ccc(C=O)cc2)OC1(C)C.Cc1c(Br)cccc1-c1ccc(C=O)cc1.Cc1c(Br)cccc1I. The summed E-state index contributed by atoms with van der Waals surface area (Å²) >= 11 is 9.28. The zero-order valence-corrected chi connectivity index (χ0v) is 29.9. The molecule has 218 valence electrons. The van der Waals surface area contributed by atoms with Gasteiger partial charge in [0.2, 0.25) is 0 Å².